The predicted octanol–water partition coefficient (Wildman–Crippen LogP) is 3.53. The highest BCUT2D eigenvalue weighted by molar-refractivity contribution is 6.13. The van der Waals surface area contributed by atoms with Gasteiger partial charge in [0.25, 0.3) is 0 Å². The molecule has 0 bridgehead atoms. The topological polar surface area (TPSA) is 94.1 Å². The van der Waals surface area contributed by atoms with Crippen molar-refractivity contribution in [2.45, 2.75) is 27.7 Å². The maximum atomic E-state index is 12.2. The lowest BCUT2D eigenvalue weighted by Crippen LogP contribution is -2.07. The first-order valence-corrected chi connectivity index (χ1v) is 8.93. The fourth-order valence-electron chi connectivity index (χ4n) is 2.96. The Labute approximate surface area is 168 Å². The van der Waals surface area contributed by atoms with E-state index in [9.17, 15) is 14.4 Å². The number of rotatable bonds is 4. The van der Waals surface area contributed by atoms with Gasteiger partial charge in [-0.2, -0.15) is 0 Å². The van der Waals surface area contributed by atoms with Gasteiger partial charge in [0.15, 0.2) is 5.70 Å². The van der Waals surface area contributed by atoms with Gasteiger partial charge in [0.05, 0.1) is 0 Å². The third-order valence-corrected chi connectivity index (χ3v) is 4.10. The van der Waals surface area contributed by atoms with E-state index in [1.807, 2.05) is 13.8 Å². The van der Waals surface area contributed by atoms with Gasteiger partial charge in [-0.25, -0.2) is 9.79 Å². The summed E-state index contributed by atoms with van der Waals surface area (Å²) in [6.45, 7) is 6.43. The first-order chi connectivity index (χ1) is 13.7. The summed E-state index contributed by atoms with van der Waals surface area (Å²) in [5, 5.41) is 2.67. The average Bonchev–Trinajstić information content (AvgIpc) is 2.99. The van der Waals surface area contributed by atoms with Crippen LogP contribution in [0.5, 0.6) is 5.75 Å². The highest BCUT2D eigenvalue weighted by atomic mass is 16.6. The zero-order valence-electron chi connectivity index (χ0n) is 16.5. The summed E-state index contributed by atoms with van der Waals surface area (Å²) < 4.78 is 10.5. The van der Waals surface area contributed by atoms with Crippen molar-refractivity contribution in [1.82, 2.24) is 0 Å². The molecule has 0 saturated heterocycles. The Hall–Kier alpha value is -3.74. The first-order valence-electron chi connectivity index (χ1n) is 8.93. The van der Waals surface area contributed by atoms with Crippen LogP contribution >= 0.6 is 0 Å². The second-order valence-corrected chi connectivity index (χ2v) is 6.67. The number of nitrogens with zero attached hydrogens (tertiary/aromatic N) is 1. The molecule has 148 valence electrons. The molecular formula is C22H20N2O5. The van der Waals surface area contributed by atoms with Crippen LogP contribution in [0.25, 0.3) is 6.08 Å². The van der Waals surface area contributed by atoms with E-state index in [1.54, 1.807) is 42.5 Å². The molecule has 0 atom stereocenters. The molecule has 1 amide bonds. The molecule has 7 nitrogen and oxygen atoms in total. The van der Waals surface area contributed by atoms with Crippen LogP contribution < -0.4 is 10.1 Å². The molecule has 0 fully saturated rings. The third kappa shape index (κ3) is 4.76. The molecule has 7 heteroatoms. The molecule has 0 saturated carbocycles. The zero-order valence-corrected chi connectivity index (χ0v) is 16.5. The molecule has 3 rings (SSSR count). The quantitative estimate of drug-likeness (QED) is 0.488. The molecule has 0 aromatic heterocycles. The third-order valence-electron chi connectivity index (χ3n) is 4.10. The van der Waals surface area contributed by atoms with Crippen LogP contribution in [-0.2, 0) is 19.1 Å². The van der Waals surface area contributed by atoms with Gasteiger partial charge in [0.1, 0.15) is 5.75 Å². The summed E-state index contributed by atoms with van der Waals surface area (Å²) in [7, 11) is 0. The Morgan fingerprint density at radius 3 is 2.24 bits per heavy atom. The number of aliphatic imine (C=N–C) groups is 1. The standard InChI is InChI=1S/C22H20N2O5/c1-12-9-16(10-13(2)20(12)28-15(4)26)11-19-22(27)29-21(24-19)17-5-7-18(8-6-17)23-14(3)25/h5-11H,1-4H3,(H,23,25)/b19-11-. The van der Waals surface area contributed by atoms with E-state index in [-0.39, 0.29) is 23.5 Å². The first kappa shape index (κ1) is 20.0. The average molecular weight is 392 g/mol. The number of cyclic esters (lactones) is 1. The lowest BCUT2D eigenvalue weighted by atomic mass is 10.0. The van der Waals surface area contributed by atoms with Gasteiger partial charge in [0, 0.05) is 25.1 Å². The molecule has 0 unspecified atom stereocenters. The second-order valence-electron chi connectivity index (χ2n) is 6.67. The van der Waals surface area contributed by atoms with Crippen LogP contribution in [0.3, 0.4) is 0 Å². The lowest BCUT2D eigenvalue weighted by molar-refractivity contribution is -0.132. The van der Waals surface area contributed by atoms with Crippen LogP contribution in [-0.4, -0.2) is 23.7 Å². The van der Waals surface area contributed by atoms with Crippen molar-refractivity contribution in [2.24, 2.45) is 4.99 Å². The van der Waals surface area contributed by atoms with Crippen LogP contribution in [0.4, 0.5) is 5.69 Å². The van der Waals surface area contributed by atoms with E-state index in [2.05, 4.69) is 10.3 Å². The van der Waals surface area contributed by atoms with Crippen molar-refractivity contribution < 1.29 is 23.9 Å². The Morgan fingerprint density at radius 2 is 1.69 bits per heavy atom. The lowest BCUT2D eigenvalue weighted by Gasteiger charge is -2.10. The number of amides is 1. The molecule has 0 spiro atoms. The molecule has 1 aliphatic rings. The number of benzene rings is 2. The summed E-state index contributed by atoms with van der Waals surface area (Å²) in [6, 6.07) is 10.4. The monoisotopic (exact) mass is 392 g/mol. The minimum absolute atomic E-state index is 0.169. The Morgan fingerprint density at radius 1 is 1.07 bits per heavy atom. The zero-order chi connectivity index (χ0) is 21.1. The predicted molar refractivity (Wildman–Crippen MR) is 109 cm³/mol. The summed E-state index contributed by atoms with van der Waals surface area (Å²) in [4.78, 5) is 38.8. The van der Waals surface area contributed by atoms with Gasteiger partial charge in [0.2, 0.25) is 11.8 Å². The molecule has 29 heavy (non-hydrogen) atoms. The van der Waals surface area contributed by atoms with Crippen molar-refractivity contribution in [1.29, 1.82) is 0 Å². The van der Waals surface area contributed by atoms with Gasteiger partial charge in [-0.15, -0.1) is 0 Å². The molecule has 2 aromatic carbocycles. The van der Waals surface area contributed by atoms with Crippen LogP contribution in [0, 0.1) is 13.8 Å². The fraction of sp³-hybridized carbons (Fsp3) is 0.182. The molecule has 2 aromatic rings. The van der Waals surface area contributed by atoms with Crippen molar-refractivity contribution in [3.05, 3.63) is 64.3 Å². The van der Waals surface area contributed by atoms with E-state index in [4.69, 9.17) is 9.47 Å². The molecule has 1 aliphatic heterocycles. The molecule has 1 N–H and O–H groups in total. The van der Waals surface area contributed by atoms with Crippen LogP contribution in [0.15, 0.2) is 47.1 Å². The summed E-state index contributed by atoms with van der Waals surface area (Å²) in [6.07, 6.45) is 1.62. The van der Waals surface area contributed by atoms with E-state index >= 15 is 0 Å². The number of nitrogens with one attached hydrogen (secondary N) is 1. The molecular weight excluding hydrogens is 372 g/mol. The Bertz CT molecular complexity index is 1040. The maximum Gasteiger partial charge on any atom is 0.363 e. The minimum atomic E-state index is -0.551. The van der Waals surface area contributed by atoms with E-state index in [0.717, 1.165) is 16.7 Å². The summed E-state index contributed by atoms with van der Waals surface area (Å²) in [5.41, 5.74) is 3.72. The largest absolute Gasteiger partial charge is 0.426 e. The number of hydrogen-bond donors (Lipinski definition) is 1. The normalized spacial score (nSPS) is 14.4. The number of esters is 2. The van der Waals surface area contributed by atoms with Gasteiger partial charge < -0.3 is 14.8 Å². The van der Waals surface area contributed by atoms with E-state index < -0.39 is 5.97 Å². The van der Waals surface area contributed by atoms with Crippen molar-refractivity contribution in [3.63, 3.8) is 0 Å². The number of aryl methyl sites for hydroxylation is 2. The van der Waals surface area contributed by atoms with Gasteiger partial charge in [-0.1, -0.05) is 0 Å². The SMILES string of the molecule is CC(=O)Nc1ccc(C2=N/C(=C\c3cc(C)c(OC(C)=O)c(C)c3)C(=O)O2)cc1. The highest BCUT2D eigenvalue weighted by Crippen LogP contribution is 2.27. The summed E-state index contributed by atoms with van der Waals surface area (Å²) in [5.74, 6) is -0.402. The maximum absolute atomic E-state index is 12.2. The number of ether oxygens (including phenoxy) is 2. The van der Waals surface area contributed by atoms with Gasteiger partial charge >= 0.3 is 11.9 Å². The van der Waals surface area contributed by atoms with Crippen LogP contribution in [0.1, 0.15) is 36.1 Å². The smallest absolute Gasteiger partial charge is 0.363 e. The fourth-order valence-corrected chi connectivity index (χ4v) is 2.96. The molecule has 0 radical (unpaired) electrons. The van der Waals surface area contributed by atoms with Crippen molar-refractivity contribution in [3.8, 4) is 5.75 Å². The number of carbonyl (C=O) groups is 3. The number of carbonyl (C=O) groups excluding carboxylic acids is 3. The summed E-state index contributed by atoms with van der Waals surface area (Å²) >= 11 is 0. The highest BCUT2D eigenvalue weighted by Gasteiger charge is 2.24. The number of hydrogen-bond acceptors (Lipinski definition) is 6. The minimum Gasteiger partial charge on any atom is -0.426 e. The van der Waals surface area contributed by atoms with Crippen LogP contribution in [0.2, 0.25) is 0 Å². The Balaban J connectivity index is 1.87. The molecule has 1 heterocycles. The van der Waals surface area contributed by atoms with Gasteiger partial charge in [-0.3, -0.25) is 9.59 Å². The van der Waals surface area contributed by atoms with Crippen molar-refractivity contribution >= 4 is 35.5 Å². The van der Waals surface area contributed by atoms with Gasteiger partial charge in [-0.05, 0) is 73.0 Å². The van der Waals surface area contributed by atoms with E-state index in [1.165, 1.54) is 13.8 Å². The number of anilines is 1. The van der Waals surface area contributed by atoms with E-state index in [0.29, 0.717) is 17.0 Å². The molecule has 0 aliphatic carbocycles. The Kier molecular flexibility index (Phi) is 5.59. The second kappa shape index (κ2) is 8.10. The van der Waals surface area contributed by atoms with Crippen molar-refractivity contribution in [2.75, 3.05) is 5.32 Å².